The Balaban J connectivity index is 2.20. The Morgan fingerprint density at radius 2 is 1.83 bits per heavy atom. The molecule has 1 aliphatic rings. The van der Waals surface area contributed by atoms with Gasteiger partial charge in [-0.2, -0.15) is 0 Å². The predicted molar refractivity (Wildman–Crippen MR) is 108 cm³/mol. The third-order valence-corrected chi connectivity index (χ3v) is 6.11. The Kier molecular flexibility index (Phi) is 8.23. The average Bonchev–Trinajstić information content (AvgIpc) is 2.71. The summed E-state index contributed by atoms with van der Waals surface area (Å²) in [6.45, 7) is 4.58. The minimum atomic E-state index is -3.69. The van der Waals surface area contributed by atoms with Crippen molar-refractivity contribution in [2.75, 3.05) is 65.0 Å². The van der Waals surface area contributed by atoms with Gasteiger partial charge in [0.15, 0.2) is 0 Å². The highest BCUT2D eigenvalue weighted by Gasteiger charge is 2.24. The van der Waals surface area contributed by atoms with Crippen LogP contribution in [0.4, 0.5) is 10.5 Å². The Bertz CT molecular complexity index is 822. The fraction of sp³-hybridized carbons (Fsp3) is 0.556. The summed E-state index contributed by atoms with van der Waals surface area (Å²) in [5, 5.41) is 5.22. The number of rotatable bonds is 8. The SMILES string of the molecule is CCOC(=O)NCCNC(=O)c1cc(S(=O)(=O)N(C)C)ccc1N1CCOCC1. The zero-order valence-electron chi connectivity index (χ0n) is 16.9. The number of amides is 2. The molecule has 0 saturated carbocycles. The molecule has 0 bridgehead atoms. The van der Waals surface area contributed by atoms with Crippen LogP contribution in [0, 0.1) is 0 Å². The van der Waals surface area contributed by atoms with Gasteiger partial charge < -0.3 is 25.0 Å². The van der Waals surface area contributed by atoms with Crippen LogP contribution in [-0.4, -0.2) is 84.8 Å². The van der Waals surface area contributed by atoms with Gasteiger partial charge >= 0.3 is 6.09 Å². The van der Waals surface area contributed by atoms with Crippen LogP contribution in [0.1, 0.15) is 17.3 Å². The lowest BCUT2D eigenvalue weighted by Crippen LogP contribution is -2.39. The fourth-order valence-corrected chi connectivity index (χ4v) is 3.69. The van der Waals surface area contributed by atoms with Crippen LogP contribution in [0.5, 0.6) is 0 Å². The molecule has 0 aromatic heterocycles. The monoisotopic (exact) mass is 428 g/mol. The Morgan fingerprint density at radius 3 is 2.45 bits per heavy atom. The van der Waals surface area contributed by atoms with E-state index in [1.54, 1.807) is 13.0 Å². The van der Waals surface area contributed by atoms with Crippen LogP contribution < -0.4 is 15.5 Å². The molecular weight excluding hydrogens is 400 g/mol. The number of morpholine rings is 1. The minimum absolute atomic E-state index is 0.0364. The van der Waals surface area contributed by atoms with Crippen molar-refractivity contribution in [1.82, 2.24) is 14.9 Å². The van der Waals surface area contributed by atoms with Crippen molar-refractivity contribution in [1.29, 1.82) is 0 Å². The quantitative estimate of drug-likeness (QED) is 0.570. The first-order valence-corrected chi connectivity index (χ1v) is 10.8. The van der Waals surface area contributed by atoms with Crippen molar-refractivity contribution in [3.63, 3.8) is 0 Å². The molecule has 1 aromatic rings. The van der Waals surface area contributed by atoms with E-state index in [1.165, 1.54) is 26.2 Å². The highest BCUT2D eigenvalue weighted by Crippen LogP contribution is 2.26. The minimum Gasteiger partial charge on any atom is -0.450 e. The predicted octanol–water partition coefficient (Wildman–Crippen LogP) is 0.249. The van der Waals surface area contributed by atoms with Gasteiger partial charge in [0.2, 0.25) is 10.0 Å². The van der Waals surface area contributed by atoms with Crippen LogP contribution in [-0.2, 0) is 19.5 Å². The number of nitrogens with one attached hydrogen (secondary N) is 2. The molecule has 1 fully saturated rings. The molecule has 1 saturated heterocycles. The third-order valence-electron chi connectivity index (χ3n) is 4.30. The molecule has 0 atom stereocenters. The lowest BCUT2D eigenvalue weighted by atomic mass is 10.1. The van der Waals surface area contributed by atoms with Crippen LogP contribution in [0.3, 0.4) is 0 Å². The second kappa shape index (κ2) is 10.4. The maximum Gasteiger partial charge on any atom is 0.407 e. The number of benzene rings is 1. The summed E-state index contributed by atoms with van der Waals surface area (Å²) in [6, 6.07) is 4.53. The molecule has 29 heavy (non-hydrogen) atoms. The number of nitrogens with zero attached hydrogens (tertiary/aromatic N) is 2. The summed E-state index contributed by atoms with van der Waals surface area (Å²) in [4.78, 5) is 26.1. The van der Waals surface area contributed by atoms with E-state index in [-0.39, 0.29) is 30.2 Å². The number of hydrogen-bond donors (Lipinski definition) is 2. The Labute approximate surface area is 171 Å². The van der Waals surface area contributed by atoms with Crippen molar-refractivity contribution < 1.29 is 27.5 Å². The largest absolute Gasteiger partial charge is 0.450 e. The zero-order valence-corrected chi connectivity index (χ0v) is 17.8. The van der Waals surface area contributed by atoms with Gasteiger partial charge in [0.1, 0.15) is 0 Å². The van der Waals surface area contributed by atoms with Crippen molar-refractivity contribution in [2.24, 2.45) is 0 Å². The van der Waals surface area contributed by atoms with Crippen LogP contribution in [0.2, 0.25) is 0 Å². The van der Waals surface area contributed by atoms with E-state index in [9.17, 15) is 18.0 Å². The Morgan fingerprint density at radius 1 is 1.17 bits per heavy atom. The van der Waals surface area contributed by atoms with E-state index in [2.05, 4.69) is 10.6 Å². The van der Waals surface area contributed by atoms with Gasteiger partial charge in [0.25, 0.3) is 5.91 Å². The summed E-state index contributed by atoms with van der Waals surface area (Å²) < 4.78 is 36.2. The normalized spacial score (nSPS) is 14.6. The van der Waals surface area contributed by atoms with Crippen molar-refractivity contribution >= 4 is 27.7 Å². The van der Waals surface area contributed by atoms with Crippen molar-refractivity contribution in [2.45, 2.75) is 11.8 Å². The molecule has 0 spiro atoms. The summed E-state index contributed by atoms with van der Waals surface area (Å²) >= 11 is 0. The molecule has 2 rings (SSSR count). The number of ether oxygens (including phenoxy) is 2. The molecule has 162 valence electrons. The van der Waals surface area contributed by atoms with E-state index >= 15 is 0 Å². The van der Waals surface area contributed by atoms with Gasteiger partial charge in [-0.15, -0.1) is 0 Å². The van der Waals surface area contributed by atoms with E-state index < -0.39 is 22.0 Å². The number of alkyl carbamates (subject to hydrolysis) is 1. The first-order chi connectivity index (χ1) is 13.8. The second-order valence-electron chi connectivity index (χ2n) is 6.47. The molecule has 0 radical (unpaired) electrons. The summed E-state index contributed by atoms with van der Waals surface area (Å²) in [7, 11) is -0.813. The van der Waals surface area contributed by atoms with Crippen LogP contribution in [0.15, 0.2) is 23.1 Å². The molecule has 1 aliphatic heterocycles. The maximum absolute atomic E-state index is 12.8. The van der Waals surface area contributed by atoms with Crippen molar-refractivity contribution in [3.05, 3.63) is 23.8 Å². The van der Waals surface area contributed by atoms with E-state index in [0.717, 1.165) is 4.31 Å². The summed E-state index contributed by atoms with van der Waals surface area (Å²) in [6.07, 6.45) is -0.560. The van der Waals surface area contributed by atoms with Gasteiger partial charge in [-0.3, -0.25) is 4.79 Å². The Hall–Kier alpha value is -2.37. The molecule has 10 nitrogen and oxygen atoms in total. The van der Waals surface area contributed by atoms with E-state index in [4.69, 9.17) is 9.47 Å². The molecule has 11 heteroatoms. The summed E-state index contributed by atoms with van der Waals surface area (Å²) in [5.41, 5.74) is 0.896. The lowest BCUT2D eigenvalue weighted by molar-refractivity contribution is 0.0950. The standard InChI is InChI=1S/C18H28N4O6S/c1-4-28-18(24)20-8-7-19-17(23)15-13-14(29(25,26)21(2)3)5-6-16(15)22-9-11-27-12-10-22/h5-6,13H,4,7-12H2,1-3H3,(H,19,23)(H,20,24). The number of hydrogen-bond acceptors (Lipinski definition) is 7. The van der Waals surface area contributed by atoms with Gasteiger partial charge in [-0.1, -0.05) is 0 Å². The maximum atomic E-state index is 12.8. The van der Waals surface area contributed by atoms with Gasteiger partial charge in [-0.05, 0) is 25.1 Å². The van der Waals surface area contributed by atoms with Gasteiger partial charge in [-0.25, -0.2) is 17.5 Å². The zero-order chi connectivity index (χ0) is 21.4. The second-order valence-corrected chi connectivity index (χ2v) is 8.62. The van der Waals surface area contributed by atoms with Crippen molar-refractivity contribution in [3.8, 4) is 0 Å². The number of anilines is 1. The average molecular weight is 429 g/mol. The highest BCUT2D eigenvalue weighted by molar-refractivity contribution is 7.89. The molecular formula is C18H28N4O6S. The highest BCUT2D eigenvalue weighted by atomic mass is 32.2. The van der Waals surface area contributed by atoms with Crippen LogP contribution in [0.25, 0.3) is 0 Å². The van der Waals surface area contributed by atoms with Gasteiger partial charge in [0.05, 0.1) is 30.3 Å². The topological polar surface area (TPSA) is 117 Å². The van der Waals surface area contributed by atoms with E-state index in [1.807, 2.05) is 4.90 Å². The fourth-order valence-electron chi connectivity index (χ4n) is 2.77. The molecule has 2 amide bonds. The molecule has 1 aromatic carbocycles. The molecule has 0 aliphatic carbocycles. The smallest absolute Gasteiger partial charge is 0.407 e. The molecule has 2 N–H and O–H groups in total. The van der Waals surface area contributed by atoms with Crippen LogP contribution >= 0.6 is 0 Å². The molecule has 0 unspecified atom stereocenters. The first kappa shape index (κ1) is 22.9. The summed E-state index contributed by atoms with van der Waals surface area (Å²) in [5.74, 6) is -0.423. The lowest BCUT2D eigenvalue weighted by Gasteiger charge is -2.30. The van der Waals surface area contributed by atoms with Gasteiger partial charge in [0, 0.05) is 46.0 Å². The number of carbonyl (C=O) groups is 2. The van der Waals surface area contributed by atoms with E-state index in [0.29, 0.717) is 32.0 Å². The number of sulfonamides is 1. The third kappa shape index (κ3) is 6.05. The molecule has 1 heterocycles. The first-order valence-electron chi connectivity index (χ1n) is 9.35. The number of carbonyl (C=O) groups excluding carboxylic acids is 2.